The Balaban J connectivity index is 1.22. The molecule has 0 unspecified atom stereocenters. The van der Waals surface area contributed by atoms with E-state index in [0.29, 0.717) is 0 Å². The van der Waals surface area contributed by atoms with Crippen LogP contribution in [0.5, 0.6) is 0 Å². The van der Waals surface area contributed by atoms with Crippen LogP contribution in [-0.4, -0.2) is 18.1 Å². The van der Waals surface area contributed by atoms with Gasteiger partial charge in [-0.1, -0.05) is 121 Å². The third-order valence-corrected chi connectivity index (χ3v) is 7.69. The van der Waals surface area contributed by atoms with Crippen molar-refractivity contribution >= 4 is 6.03 Å². The maximum Gasteiger partial charge on any atom is 0.315 e. The van der Waals surface area contributed by atoms with Gasteiger partial charge in [-0.25, -0.2) is 4.79 Å². The highest BCUT2D eigenvalue weighted by Crippen LogP contribution is 2.55. The molecule has 2 atom stereocenters. The standard InChI is InChI=1S/C31H28N2O/c34-29(32-27-21-30(27,23-13-5-1-6-14-23)24-15-7-2-8-16-24)33-28-22-31(28,25-17-9-3-10-18-25)26-19-11-4-12-20-26/h1-20,27-28H,21-22H2,(H2,32,33,34)/t27-,28-/m0/s1. The first-order valence-corrected chi connectivity index (χ1v) is 12.0. The molecule has 2 aliphatic carbocycles. The summed E-state index contributed by atoms with van der Waals surface area (Å²) in [6.07, 6.45) is 1.81. The third kappa shape index (κ3) is 3.40. The van der Waals surface area contributed by atoms with Crippen LogP contribution in [0.15, 0.2) is 121 Å². The molecule has 4 aromatic carbocycles. The highest BCUT2D eigenvalue weighted by Gasteiger charge is 2.59. The Kier molecular flexibility index (Phi) is 4.99. The van der Waals surface area contributed by atoms with Crippen molar-refractivity contribution < 1.29 is 4.79 Å². The van der Waals surface area contributed by atoms with Gasteiger partial charge in [-0.3, -0.25) is 0 Å². The Labute approximate surface area is 200 Å². The van der Waals surface area contributed by atoms with Crippen LogP contribution in [0.1, 0.15) is 35.1 Å². The number of urea groups is 1. The molecule has 0 saturated heterocycles. The second-order valence-electron chi connectivity index (χ2n) is 9.54. The zero-order chi connectivity index (χ0) is 23.0. The average Bonchev–Trinajstić information content (AvgIpc) is 3.81. The van der Waals surface area contributed by atoms with Crippen molar-refractivity contribution in [1.29, 1.82) is 0 Å². The van der Waals surface area contributed by atoms with Crippen LogP contribution < -0.4 is 10.6 Å². The number of carbonyl (C=O) groups is 1. The molecule has 0 radical (unpaired) electrons. The summed E-state index contributed by atoms with van der Waals surface area (Å²) in [6.45, 7) is 0. The van der Waals surface area contributed by atoms with E-state index in [9.17, 15) is 4.79 Å². The zero-order valence-electron chi connectivity index (χ0n) is 19.0. The average molecular weight is 445 g/mol. The number of nitrogens with one attached hydrogen (secondary N) is 2. The molecule has 6 rings (SSSR count). The van der Waals surface area contributed by atoms with E-state index in [2.05, 4.69) is 108 Å². The summed E-state index contributed by atoms with van der Waals surface area (Å²) >= 11 is 0. The SMILES string of the molecule is O=C(N[C@H]1CC1(c1ccccc1)c1ccccc1)N[C@H]1CC1(c1ccccc1)c1ccccc1. The quantitative estimate of drug-likeness (QED) is 0.388. The summed E-state index contributed by atoms with van der Waals surface area (Å²) in [5, 5.41) is 6.61. The van der Waals surface area contributed by atoms with Crippen molar-refractivity contribution in [3.8, 4) is 0 Å². The van der Waals surface area contributed by atoms with Crippen molar-refractivity contribution in [2.24, 2.45) is 0 Å². The first-order valence-electron chi connectivity index (χ1n) is 12.0. The maximum absolute atomic E-state index is 13.2. The number of carbonyl (C=O) groups excluding carboxylic acids is 1. The van der Waals surface area contributed by atoms with Crippen LogP contribution in [0.3, 0.4) is 0 Å². The fourth-order valence-electron chi connectivity index (χ4n) is 5.78. The smallest absolute Gasteiger partial charge is 0.315 e. The molecule has 0 bridgehead atoms. The van der Waals surface area contributed by atoms with Gasteiger partial charge >= 0.3 is 6.03 Å². The summed E-state index contributed by atoms with van der Waals surface area (Å²) in [4.78, 5) is 13.2. The Bertz CT molecular complexity index is 1090. The predicted octanol–water partition coefficient (Wildman–Crippen LogP) is 5.80. The Hall–Kier alpha value is -3.85. The molecule has 2 amide bonds. The van der Waals surface area contributed by atoms with Gasteiger partial charge in [0.25, 0.3) is 0 Å². The lowest BCUT2D eigenvalue weighted by Crippen LogP contribution is -2.42. The summed E-state index contributed by atoms with van der Waals surface area (Å²) in [6, 6.07) is 42.2. The molecule has 3 heteroatoms. The van der Waals surface area contributed by atoms with Crippen LogP contribution in [0.4, 0.5) is 4.79 Å². The molecule has 2 N–H and O–H groups in total. The fourth-order valence-corrected chi connectivity index (χ4v) is 5.78. The van der Waals surface area contributed by atoms with Crippen molar-refractivity contribution in [2.75, 3.05) is 0 Å². The number of rotatable bonds is 6. The fraction of sp³-hybridized carbons (Fsp3) is 0.194. The predicted molar refractivity (Wildman–Crippen MR) is 136 cm³/mol. The van der Waals surface area contributed by atoms with Gasteiger partial charge in [0.15, 0.2) is 0 Å². The summed E-state index contributed by atoms with van der Waals surface area (Å²) < 4.78 is 0. The van der Waals surface area contributed by atoms with Crippen LogP contribution in [-0.2, 0) is 10.8 Å². The lowest BCUT2D eigenvalue weighted by atomic mass is 9.87. The van der Waals surface area contributed by atoms with Gasteiger partial charge in [-0.2, -0.15) is 0 Å². The van der Waals surface area contributed by atoms with E-state index in [0.717, 1.165) is 12.8 Å². The number of hydrogen-bond acceptors (Lipinski definition) is 1. The van der Waals surface area contributed by atoms with Gasteiger partial charge in [-0.05, 0) is 35.1 Å². The second kappa shape index (κ2) is 8.18. The zero-order valence-corrected chi connectivity index (χ0v) is 19.0. The van der Waals surface area contributed by atoms with Gasteiger partial charge in [0.1, 0.15) is 0 Å². The molecule has 0 heterocycles. The van der Waals surface area contributed by atoms with Crippen LogP contribution in [0, 0.1) is 0 Å². The number of benzene rings is 4. The first kappa shape index (κ1) is 20.7. The lowest BCUT2D eigenvalue weighted by molar-refractivity contribution is 0.239. The molecular weight excluding hydrogens is 416 g/mol. The maximum atomic E-state index is 13.2. The molecule has 0 aliphatic heterocycles. The minimum absolute atomic E-state index is 0.0684. The van der Waals surface area contributed by atoms with Crippen LogP contribution >= 0.6 is 0 Å². The minimum atomic E-state index is -0.167. The van der Waals surface area contributed by atoms with Crippen molar-refractivity contribution in [3.05, 3.63) is 144 Å². The monoisotopic (exact) mass is 444 g/mol. The third-order valence-electron chi connectivity index (χ3n) is 7.69. The normalized spacial score (nSPS) is 21.3. The van der Waals surface area contributed by atoms with E-state index in [-0.39, 0.29) is 28.9 Å². The van der Waals surface area contributed by atoms with Crippen LogP contribution in [0.2, 0.25) is 0 Å². The Morgan fingerprint density at radius 1 is 0.500 bits per heavy atom. The molecule has 2 aliphatic rings. The van der Waals surface area contributed by atoms with Gasteiger partial charge < -0.3 is 10.6 Å². The van der Waals surface area contributed by atoms with Crippen molar-refractivity contribution in [3.63, 3.8) is 0 Å². The Morgan fingerprint density at radius 3 is 1.03 bits per heavy atom. The van der Waals surface area contributed by atoms with Gasteiger partial charge in [-0.15, -0.1) is 0 Å². The minimum Gasteiger partial charge on any atom is -0.334 e. The van der Waals surface area contributed by atoms with Crippen LogP contribution in [0.25, 0.3) is 0 Å². The van der Waals surface area contributed by atoms with E-state index < -0.39 is 0 Å². The molecule has 3 nitrogen and oxygen atoms in total. The molecule has 2 saturated carbocycles. The van der Waals surface area contributed by atoms with Gasteiger partial charge in [0.05, 0.1) is 0 Å². The molecule has 4 aromatic rings. The summed E-state index contributed by atoms with van der Waals surface area (Å²) in [5.41, 5.74) is 4.67. The van der Waals surface area contributed by atoms with E-state index in [4.69, 9.17) is 0 Å². The first-order chi connectivity index (χ1) is 16.7. The van der Waals surface area contributed by atoms with E-state index in [1.807, 2.05) is 24.3 Å². The number of hydrogen-bond donors (Lipinski definition) is 2. The van der Waals surface area contributed by atoms with E-state index in [1.165, 1.54) is 22.3 Å². The highest BCUT2D eigenvalue weighted by molar-refractivity contribution is 5.77. The molecule has 34 heavy (non-hydrogen) atoms. The van der Waals surface area contributed by atoms with Gasteiger partial charge in [0.2, 0.25) is 0 Å². The van der Waals surface area contributed by atoms with Gasteiger partial charge in [0, 0.05) is 22.9 Å². The summed E-state index contributed by atoms with van der Waals surface area (Å²) in [7, 11) is 0. The molecule has 168 valence electrons. The van der Waals surface area contributed by atoms with Crippen molar-refractivity contribution in [2.45, 2.75) is 35.8 Å². The van der Waals surface area contributed by atoms with Crippen molar-refractivity contribution in [1.82, 2.24) is 10.6 Å². The highest BCUT2D eigenvalue weighted by atomic mass is 16.2. The molecule has 2 fully saturated rings. The largest absolute Gasteiger partial charge is 0.334 e. The topological polar surface area (TPSA) is 41.1 Å². The molecular formula is C31H28N2O. The van der Waals surface area contributed by atoms with E-state index in [1.54, 1.807) is 0 Å². The lowest BCUT2D eigenvalue weighted by Gasteiger charge is -2.21. The van der Waals surface area contributed by atoms with E-state index >= 15 is 0 Å². The summed E-state index contributed by atoms with van der Waals surface area (Å²) in [5.74, 6) is 0. The molecule has 0 spiro atoms. The Morgan fingerprint density at radius 2 is 0.765 bits per heavy atom. The second-order valence-corrected chi connectivity index (χ2v) is 9.54. The number of amides is 2. The molecule has 0 aromatic heterocycles.